The van der Waals surface area contributed by atoms with E-state index >= 15 is 0 Å². The molecule has 0 bridgehead atoms. The Hall–Kier alpha value is -1.24. The molecule has 0 aliphatic carbocycles. The number of halogens is 3. The number of hydrazine groups is 1. The molecular formula is C12H11BrF2N2O. The molecule has 96 valence electrons. The Morgan fingerprint density at radius 2 is 1.94 bits per heavy atom. The maximum atomic E-state index is 13.1. The SMILES string of the molecule is NNC(Cc1cc(F)cc(F)c1)c1ccoc1Br. The van der Waals surface area contributed by atoms with Gasteiger partial charge in [-0.2, -0.15) is 0 Å². The van der Waals surface area contributed by atoms with Crippen LogP contribution in [0.15, 0.2) is 39.6 Å². The van der Waals surface area contributed by atoms with Gasteiger partial charge in [0.25, 0.3) is 0 Å². The lowest BCUT2D eigenvalue weighted by atomic mass is 10.0. The molecular weight excluding hydrogens is 306 g/mol. The maximum absolute atomic E-state index is 13.1. The highest BCUT2D eigenvalue weighted by molar-refractivity contribution is 9.10. The van der Waals surface area contributed by atoms with Crippen molar-refractivity contribution in [1.29, 1.82) is 0 Å². The summed E-state index contributed by atoms with van der Waals surface area (Å²) in [5, 5.41) is 0. The molecule has 18 heavy (non-hydrogen) atoms. The van der Waals surface area contributed by atoms with E-state index in [9.17, 15) is 8.78 Å². The van der Waals surface area contributed by atoms with Crippen molar-refractivity contribution in [3.63, 3.8) is 0 Å². The Balaban J connectivity index is 2.23. The second-order valence-corrected chi connectivity index (χ2v) is 4.57. The lowest BCUT2D eigenvalue weighted by molar-refractivity contribution is 0.504. The first kappa shape index (κ1) is 13.2. The number of nitrogens with one attached hydrogen (secondary N) is 1. The van der Waals surface area contributed by atoms with E-state index in [1.807, 2.05) is 0 Å². The molecule has 3 N–H and O–H groups in total. The molecule has 0 amide bonds. The normalized spacial score (nSPS) is 12.7. The van der Waals surface area contributed by atoms with E-state index in [1.165, 1.54) is 18.4 Å². The summed E-state index contributed by atoms with van der Waals surface area (Å²) in [5.41, 5.74) is 3.91. The smallest absolute Gasteiger partial charge is 0.173 e. The number of benzene rings is 1. The van der Waals surface area contributed by atoms with Gasteiger partial charge in [-0.25, -0.2) is 8.78 Å². The number of rotatable bonds is 4. The van der Waals surface area contributed by atoms with Crippen molar-refractivity contribution in [3.8, 4) is 0 Å². The van der Waals surface area contributed by atoms with Crippen molar-refractivity contribution in [3.05, 3.63) is 58.0 Å². The second-order valence-electron chi connectivity index (χ2n) is 3.85. The minimum Gasteiger partial charge on any atom is -0.457 e. The van der Waals surface area contributed by atoms with Gasteiger partial charge in [-0.15, -0.1) is 0 Å². The molecule has 1 heterocycles. The molecule has 1 atom stereocenters. The predicted octanol–water partition coefficient (Wildman–Crippen LogP) is 3.07. The van der Waals surface area contributed by atoms with Gasteiger partial charge in [0.15, 0.2) is 4.67 Å². The van der Waals surface area contributed by atoms with Crippen molar-refractivity contribution in [2.24, 2.45) is 5.84 Å². The van der Waals surface area contributed by atoms with Crippen LogP contribution in [0.1, 0.15) is 17.2 Å². The molecule has 0 fully saturated rings. The molecule has 0 saturated heterocycles. The Morgan fingerprint density at radius 1 is 1.28 bits per heavy atom. The molecule has 0 radical (unpaired) electrons. The molecule has 0 aliphatic rings. The van der Waals surface area contributed by atoms with Crippen LogP contribution < -0.4 is 11.3 Å². The van der Waals surface area contributed by atoms with Gasteiger partial charge < -0.3 is 4.42 Å². The highest BCUT2D eigenvalue weighted by atomic mass is 79.9. The molecule has 0 aliphatic heterocycles. The molecule has 2 rings (SSSR count). The van der Waals surface area contributed by atoms with Crippen molar-refractivity contribution in [2.45, 2.75) is 12.5 Å². The van der Waals surface area contributed by atoms with E-state index in [0.717, 1.165) is 11.6 Å². The van der Waals surface area contributed by atoms with Gasteiger partial charge in [0.05, 0.1) is 12.3 Å². The third-order valence-electron chi connectivity index (χ3n) is 2.58. The van der Waals surface area contributed by atoms with E-state index in [-0.39, 0.29) is 6.04 Å². The van der Waals surface area contributed by atoms with E-state index in [2.05, 4.69) is 21.4 Å². The van der Waals surface area contributed by atoms with Crippen LogP contribution in [0.4, 0.5) is 8.78 Å². The van der Waals surface area contributed by atoms with Crippen LogP contribution in [0, 0.1) is 11.6 Å². The third-order valence-corrected chi connectivity index (χ3v) is 3.23. The van der Waals surface area contributed by atoms with Gasteiger partial charge in [-0.05, 0) is 46.1 Å². The number of furan rings is 1. The van der Waals surface area contributed by atoms with Crippen molar-refractivity contribution in [1.82, 2.24) is 5.43 Å². The van der Waals surface area contributed by atoms with Gasteiger partial charge in [0, 0.05) is 11.6 Å². The van der Waals surface area contributed by atoms with E-state index < -0.39 is 11.6 Å². The zero-order chi connectivity index (χ0) is 13.1. The number of hydrogen-bond acceptors (Lipinski definition) is 3. The van der Waals surface area contributed by atoms with Crippen molar-refractivity contribution < 1.29 is 13.2 Å². The topological polar surface area (TPSA) is 51.2 Å². The fourth-order valence-electron chi connectivity index (χ4n) is 1.78. The fraction of sp³-hybridized carbons (Fsp3) is 0.167. The summed E-state index contributed by atoms with van der Waals surface area (Å²) in [6.07, 6.45) is 1.86. The molecule has 6 heteroatoms. The van der Waals surface area contributed by atoms with Crippen LogP contribution in [0.25, 0.3) is 0 Å². The summed E-state index contributed by atoms with van der Waals surface area (Å²) < 4.78 is 31.8. The number of nitrogens with two attached hydrogens (primary N) is 1. The summed E-state index contributed by atoms with van der Waals surface area (Å²) in [6, 6.07) is 4.84. The van der Waals surface area contributed by atoms with Gasteiger partial charge in [0.2, 0.25) is 0 Å². The Labute approximate surface area is 111 Å². The molecule has 1 aromatic carbocycles. The lowest BCUT2D eigenvalue weighted by Gasteiger charge is -2.15. The molecule has 0 spiro atoms. The van der Waals surface area contributed by atoms with E-state index in [4.69, 9.17) is 10.3 Å². The van der Waals surface area contributed by atoms with Gasteiger partial charge in [-0.3, -0.25) is 11.3 Å². The first-order valence-electron chi connectivity index (χ1n) is 5.24. The predicted molar refractivity (Wildman–Crippen MR) is 66.5 cm³/mol. The molecule has 3 nitrogen and oxygen atoms in total. The van der Waals surface area contributed by atoms with E-state index in [1.54, 1.807) is 6.07 Å². The van der Waals surface area contributed by atoms with Gasteiger partial charge in [-0.1, -0.05) is 0 Å². The molecule has 1 aromatic heterocycles. The van der Waals surface area contributed by atoms with Crippen LogP contribution in [-0.2, 0) is 6.42 Å². The quantitative estimate of drug-likeness (QED) is 0.673. The minimum atomic E-state index is -0.605. The van der Waals surface area contributed by atoms with Crippen LogP contribution >= 0.6 is 15.9 Å². The first-order chi connectivity index (χ1) is 8.60. The van der Waals surface area contributed by atoms with Crippen LogP contribution in [0.5, 0.6) is 0 Å². The summed E-state index contributed by atoms with van der Waals surface area (Å²) in [4.78, 5) is 0. The summed E-state index contributed by atoms with van der Waals surface area (Å²) in [6.45, 7) is 0. The monoisotopic (exact) mass is 316 g/mol. The Kier molecular flexibility index (Phi) is 4.11. The van der Waals surface area contributed by atoms with Crippen molar-refractivity contribution in [2.75, 3.05) is 0 Å². The van der Waals surface area contributed by atoms with Gasteiger partial charge >= 0.3 is 0 Å². The highest BCUT2D eigenvalue weighted by Gasteiger charge is 2.16. The number of hydrogen-bond donors (Lipinski definition) is 2. The van der Waals surface area contributed by atoms with E-state index in [0.29, 0.717) is 16.7 Å². The average Bonchev–Trinajstić information content (AvgIpc) is 2.71. The third kappa shape index (κ3) is 2.95. The Bertz CT molecular complexity index is 524. The minimum absolute atomic E-state index is 0.292. The average molecular weight is 317 g/mol. The second kappa shape index (κ2) is 5.60. The standard InChI is InChI=1S/C12H11BrF2N2O/c13-12-10(1-2-18-12)11(17-16)5-7-3-8(14)6-9(15)4-7/h1-4,6,11,17H,5,16H2. The van der Waals surface area contributed by atoms with Crippen LogP contribution in [0.3, 0.4) is 0 Å². The van der Waals surface area contributed by atoms with Crippen LogP contribution in [0.2, 0.25) is 0 Å². The van der Waals surface area contributed by atoms with Crippen molar-refractivity contribution >= 4 is 15.9 Å². The summed E-state index contributed by atoms with van der Waals surface area (Å²) in [5.74, 6) is 4.25. The fourth-order valence-corrected chi connectivity index (χ4v) is 2.29. The Morgan fingerprint density at radius 3 is 2.44 bits per heavy atom. The van der Waals surface area contributed by atoms with Gasteiger partial charge in [0.1, 0.15) is 11.6 Å². The largest absolute Gasteiger partial charge is 0.457 e. The maximum Gasteiger partial charge on any atom is 0.173 e. The first-order valence-corrected chi connectivity index (χ1v) is 6.03. The zero-order valence-corrected chi connectivity index (χ0v) is 10.9. The molecule has 1 unspecified atom stereocenters. The highest BCUT2D eigenvalue weighted by Crippen LogP contribution is 2.27. The summed E-state index contributed by atoms with van der Waals surface area (Å²) in [7, 11) is 0. The lowest BCUT2D eigenvalue weighted by Crippen LogP contribution is -2.29. The summed E-state index contributed by atoms with van der Waals surface area (Å²) >= 11 is 3.24. The van der Waals surface area contributed by atoms with Crippen LogP contribution in [-0.4, -0.2) is 0 Å². The molecule has 0 saturated carbocycles. The molecule has 2 aromatic rings. The zero-order valence-electron chi connectivity index (χ0n) is 9.29.